The van der Waals surface area contributed by atoms with Gasteiger partial charge in [0, 0.05) is 24.5 Å². The van der Waals surface area contributed by atoms with Crippen molar-refractivity contribution < 1.29 is 5.11 Å². The van der Waals surface area contributed by atoms with Crippen molar-refractivity contribution in [2.24, 2.45) is 0 Å². The van der Waals surface area contributed by atoms with Crippen LogP contribution in [0.5, 0.6) is 0 Å². The third-order valence-electron chi connectivity index (χ3n) is 5.98. The summed E-state index contributed by atoms with van der Waals surface area (Å²) in [6.45, 7) is 7.35. The second kappa shape index (κ2) is 7.20. The molecule has 3 nitrogen and oxygen atoms in total. The molecule has 2 aliphatic heterocycles. The van der Waals surface area contributed by atoms with Gasteiger partial charge in [0.15, 0.2) is 0 Å². The van der Waals surface area contributed by atoms with Crippen molar-refractivity contribution in [2.75, 3.05) is 26.2 Å². The van der Waals surface area contributed by atoms with Crippen molar-refractivity contribution >= 4 is 11.3 Å². The summed E-state index contributed by atoms with van der Waals surface area (Å²) in [6, 6.07) is 12.7. The average molecular weight is 357 g/mol. The lowest BCUT2D eigenvalue weighted by molar-refractivity contribution is -0.0958. The third-order valence-corrected chi connectivity index (χ3v) is 6.99. The lowest BCUT2D eigenvalue weighted by Gasteiger charge is -2.48. The van der Waals surface area contributed by atoms with E-state index in [9.17, 15) is 5.11 Å². The van der Waals surface area contributed by atoms with Crippen LogP contribution in [0.1, 0.15) is 35.3 Å². The molecule has 0 spiro atoms. The number of hydrogen-bond acceptors (Lipinski definition) is 4. The molecule has 4 heteroatoms. The lowest BCUT2D eigenvalue weighted by Crippen LogP contribution is -2.60. The molecule has 0 aliphatic carbocycles. The first-order valence-electron chi connectivity index (χ1n) is 9.44. The van der Waals surface area contributed by atoms with Crippen LogP contribution in [-0.4, -0.2) is 47.1 Å². The van der Waals surface area contributed by atoms with Gasteiger partial charge in [0.2, 0.25) is 0 Å². The molecule has 2 aliphatic rings. The molecular formula is C21H28N2OS. The molecule has 1 N–H and O–H groups in total. The lowest BCUT2D eigenvalue weighted by atomic mass is 9.79. The van der Waals surface area contributed by atoms with Gasteiger partial charge in [0.05, 0.1) is 6.04 Å². The van der Waals surface area contributed by atoms with Gasteiger partial charge in [-0.1, -0.05) is 30.3 Å². The van der Waals surface area contributed by atoms with Crippen LogP contribution in [-0.2, 0) is 12.1 Å². The van der Waals surface area contributed by atoms with Gasteiger partial charge in [0.1, 0.15) is 5.60 Å². The van der Waals surface area contributed by atoms with Gasteiger partial charge in [0.25, 0.3) is 0 Å². The van der Waals surface area contributed by atoms with E-state index in [0.717, 1.165) is 44.7 Å². The molecule has 2 fully saturated rings. The predicted octanol–water partition coefficient (Wildman–Crippen LogP) is 3.61. The largest absolute Gasteiger partial charge is 0.383 e. The van der Waals surface area contributed by atoms with E-state index >= 15 is 0 Å². The van der Waals surface area contributed by atoms with Gasteiger partial charge < -0.3 is 5.11 Å². The van der Waals surface area contributed by atoms with E-state index in [4.69, 9.17) is 0 Å². The Morgan fingerprint density at radius 1 is 1.12 bits per heavy atom. The number of aryl methyl sites for hydroxylation is 1. The first-order valence-corrected chi connectivity index (χ1v) is 10.3. The van der Waals surface area contributed by atoms with E-state index < -0.39 is 5.60 Å². The molecule has 2 atom stereocenters. The fourth-order valence-electron chi connectivity index (χ4n) is 4.43. The van der Waals surface area contributed by atoms with Gasteiger partial charge in [-0.15, -0.1) is 11.3 Å². The van der Waals surface area contributed by atoms with Gasteiger partial charge >= 0.3 is 0 Å². The molecule has 1 aromatic heterocycles. The standard InChI is InChI=1S/C21H28N2OS/c1-17-9-14-25-19(17)15-22-13-10-21(24,18-7-3-2-4-8-18)20(16-22)23-11-5-6-12-23/h2-4,7-9,14,20,24H,5-6,10-13,15-16H2,1H3/t20-,21+/m1/s1. The smallest absolute Gasteiger partial charge is 0.108 e. The number of rotatable bonds is 4. The fraction of sp³-hybridized carbons (Fsp3) is 0.524. The number of thiophene rings is 1. The molecule has 0 saturated carbocycles. The molecule has 0 radical (unpaired) electrons. The zero-order valence-electron chi connectivity index (χ0n) is 15.0. The van der Waals surface area contributed by atoms with Gasteiger partial charge in [-0.05, 0) is 61.8 Å². The van der Waals surface area contributed by atoms with E-state index in [-0.39, 0.29) is 6.04 Å². The zero-order chi connectivity index (χ0) is 17.3. The molecule has 2 aromatic rings. The van der Waals surface area contributed by atoms with Gasteiger partial charge in [-0.2, -0.15) is 0 Å². The van der Waals surface area contributed by atoms with Crippen molar-refractivity contribution in [1.82, 2.24) is 9.80 Å². The van der Waals surface area contributed by atoms with E-state index in [2.05, 4.69) is 52.4 Å². The highest BCUT2D eigenvalue weighted by atomic mass is 32.1. The first kappa shape index (κ1) is 17.2. The summed E-state index contributed by atoms with van der Waals surface area (Å²) in [5.74, 6) is 0. The SMILES string of the molecule is Cc1ccsc1CN1CC[C@](O)(c2ccccc2)[C@H](N2CCCC2)C1. The highest BCUT2D eigenvalue weighted by molar-refractivity contribution is 7.10. The Balaban J connectivity index is 1.58. The van der Waals surface area contributed by atoms with E-state index in [1.807, 2.05) is 17.4 Å². The van der Waals surface area contributed by atoms with Crippen LogP contribution in [0.15, 0.2) is 41.8 Å². The monoisotopic (exact) mass is 356 g/mol. The molecule has 4 rings (SSSR count). The number of piperidine rings is 1. The number of benzene rings is 1. The topological polar surface area (TPSA) is 26.7 Å². The molecule has 1 aromatic carbocycles. The predicted molar refractivity (Wildman–Crippen MR) is 104 cm³/mol. The second-order valence-corrected chi connectivity index (χ2v) is 8.56. The Hall–Kier alpha value is -1.20. The summed E-state index contributed by atoms with van der Waals surface area (Å²) >= 11 is 1.86. The zero-order valence-corrected chi connectivity index (χ0v) is 15.8. The minimum Gasteiger partial charge on any atom is -0.383 e. The Labute approximate surface area is 154 Å². The molecule has 134 valence electrons. The maximum atomic E-state index is 11.7. The molecular weight excluding hydrogens is 328 g/mol. The van der Waals surface area contributed by atoms with Crippen LogP contribution in [0.4, 0.5) is 0 Å². The second-order valence-electron chi connectivity index (χ2n) is 7.56. The van der Waals surface area contributed by atoms with E-state index in [1.54, 1.807) is 0 Å². The van der Waals surface area contributed by atoms with Crippen LogP contribution in [0.2, 0.25) is 0 Å². The molecule has 0 unspecified atom stereocenters. The molecule has 2 saturated heterocycles. The summed E-state index contributed by atoms with van der Waals surface area (Å²) < 4.78 is 0. The Kier molecular flexibility index (Phi) is 4.96. The average Bonchev–Trinajstić information content (AvgIpc) is 3.30. The number of likely N-dealkylation sites (tertiary alicyclic amines) is 2. The van der Waals surface area contributed by atoms with E-state index in [1.165, 1.54) is 23.3 Å². The van der Waals surface area contributed by atoms with Crippen molar-refractivity contribution in [3.05, 3.63) is 57.8 Å². The van der Waals surface area contributed by atoms with Gasteiger partial charge in [-0.3, -0.25) is 9.80 Å². The minimum atomic E-state index is -0.730. The molecule has 25 heavy (non-hydrogen) atoms. The summed E-state index contributed by atoms with van der Waals surface area (Å²) in [7, 11) is 0. The molecule has 3 heterocycles. The maximum absolute atomic E-state index is 11.7. The molecule has 0 amide bonds. The van der Waals surface area contributed by atoms with Crippen LogP contribution >= 0.6 is 11.3 Å². The quantitative estimate of drug-likeness (QED) is 0.906. The Bertz CT molecular complexity index is 695. The van der Waals surface area contributed by atoms with E-state index in [0.29, 0.717) is 0 Å². The first-order chi connectivity index (χ1) is 12.2. The van der Waals surface area contributed by atoms with Crippen molar-refractivity contribution in [1.29, 1.82) is 0 Å². The normalized spacial score (nSPS) is 28.5. The summed E-state index contributed by atoms with van der Waals surface area (Å²) in [5.41, 5.74) is 1.75. The van der Waals surface area contributed by atoms with Gasteiger partial charge in [-0.25, -0.2) is 0 Å². The highest BCUT2D eigenvalue weighted by Crippen LogP contribution is 2.38. The number of hydrogen-bond donors (Lipinski definition) is 1. The Morgan fingerprint density at radius 3 is 2.56 bits per heavy atom. The summed E-state index contributed by atoms with van der Waals surface area (Å²) in [6.07, 6.45) is 3.32. The van der Waals surface area contributed by atoms with Crippen LogP contribution < -0.4 is 0 Å². The van der Waals surface area contributed by atoms with Crippen LogP contribution in [0.25, 0.3) is 0 Å². The molecule has 0 bridgehead atoms. The highest BCUT2D eigenvalue weighted by Gasteiger charge is 2.46. The van der Waals surface area contributed by atoms with Crippen molar-refractivity contribution in [3.63, 3.8) is 0 Å². The van der Waals surface area contributed by atoms with Crippen molar-refractivity contribution in [3.8, 4) is 0 Å². The fourth-order valence-corrected chi connectivity index (χ4v) is 5.38. The number of nitrogens with zero attached hydrogens (tertiary/aromatic N) is 2. The minimum absolute atomic E-state index is 0.186. The third kappa shape index (κ3) is 3.41. The van der Waals surface area contributed by atoms with Crippen LogP contribution in [0, 0.1) is 6.92 Å². The summed E-state index contributed by atoms with van der Waals surface area (Å²) in [4.78, 5) is 6.53. The van der Waals surface area contributed by atoms with Crippen LogP contribution in [0.3, 0.4) is 0 Å². The number of aliphatic hydroxyl groups is 1. The summed E-state index contributed by atoms with van der Waals surface area (Å²) in [5, 5.41) is 13.9. The Morgan fingerprint density at radius 2 is 1.88 bits per heavy atom. The maximum Gasteiger partial charge on any atom is 0.108 e. The van der Waals surface area contributed by atoms with Crippen molar-refractivity contribution in [2.45, 2.75) is 44.4 Å².